The van der Waals surface area contributed by atoms with E-state index in [1.807, 2.05) is 0 Å². The van der Waals surface area contributed by atoms with Crippen LogP contribution in [0, 0.1) is 0 Å². The summed E-state index contributed by atoms with van der Waals surface area (Å²) in [5, 5.41) is 14.5. The topological polar surface area (TPSA) is 89.7 Å². The summed E-state index contributed by atoms with van der Waals surface area (Å²) < 4.78 is 42.3. The Labute approximate surface area is 190 Å². The van der Waals surface area contributed by atoms with Crippen molar-refractivity contribution in [1.29, 1.82) is 0 Å². The second-order valence-corrected chi connectivity index (χ2v) is 6.80. The van der Waals surface area contributed by atoms with Crippen molar-refractivity contribution in [2.75, 3.05) is 7.11 Å². The van der Waals surface area contributed by atoms with Crippen molar-refractivity contribution in [2.24, 2.45) is 0 Å². The largest absolute Gasteiger partial charge is 0.573 e. The molecule has 0 spiro atoms. The molecule has 172 valence electrons. The average Bonchev–Trinajstić information content (AvgIpc) is 3.18. The Balaban J connectivity index is 0.00000363. The van der Waals surface area contributed by atoms with Crippen molar-refractivity contribution < 1.29 is 32.6 Å². The van der Waals surface area contributed by atoms with E-state index in [2.05, 4.69) is 14.8 Å². The Kier molecular flexibility index (Phi) is 7.94. The number of hydroxylamine groups is 2. The van der Waals surface area contributed by atoms with Crippen LogP contribution in [0.15, 0.2) is 42.7 Å². The van der Waals surface area contributed by atoms with E-state index in [4.69, 9.17) is 28.0 Å². The first-order valence-corrected chi connectivity index (χ1v) is 9.13. The number of rotatable bonds is 6. The Bertz CT molecular complexity index is 1090. The Morgan fingerprint density at radius 1 is 1.22 bits per heavy atom. The van der Waals surface area contributed by atoms with Crippen LogP contribution in [0.5, 0.6) is 11.5 Å². The lowest BCUT2D eigenvalue weighted by atomic mass is 10.2. The van der Waals surface area contributed by atoms with E-state index in [9.17, 15) is 23.1 Å². The number of benzene rings is 2. The summed E-state index contributed by atoms with van der Waals surface area (Å²) in [5.41, 5.74) is 0.647. The molecule has 32 heavy (non-hydrogen) atoms. The van der Waals surface area contributed by atoms with Gasteiger partial charge in [0.2, 0.25) is 5.82 Å². The fourth-order valence-corrected chi connectivity index (χ4v) is 2.98. The number of carbonyl (C=O) groups excluding carboxylic acids is 1. The van der Waals surface area contributed by atoms with Crippen molar-refractivity contribution in [1.82, 2.24) is 19.8 Å². The molecule has 1 aromatic heterocycles. The van der Waals surface area contributed by atoms with Gasteiger partial charge in [-0.2, -0.15) is 0 Å². The molecular weight excluding hydrogens is 476 g/mol. The second kappa shape index (κ2) is 10.1. The number of hydrogen-bond acceptors (Lipinski definition) is 6. The van der Waals surface area contributed by atoms with Crippen LogP contribution in [0.2, 0.25) is 10.0 Å². The molecule has 0 unspecified atom stereocenters. The van der Waals surface area contributed by atoms with Crippen LogP contribution in [0.4, 0.5) is 13.2 Å². The van der Waals surface area contributed by atoms with E-state index in [-0.39, 0.29) is 35.6 Å². The van der Waals surface area contributed by atoms with E-state index < -0.39 is 18.0 Å². The minimum absolute atomic E-state index is 0. The lowest BCUT2D eigenvalue weighted by Gasteiger charge is -2.18. The Morgan fingerprint density at radius 2 is 1.88 bits per heavy atom. The quantitative estimate of drug-likeness (QED) is 0.486. The molecule has 0 aliphatic rings. The van der Waals surface area contributed by atoms with Gasteiger partial charge in [-0.25, -0.2) is 14.7 Å². The monoisotopic (exact) mass is 492 g/mol. The van der Waals surface area contributed by atoms with Crippen LogP contribution < -0.4 is 4.74 Å². The zero-order valence-electron chi connectivity index (χ0n) is 15.6. The normalized spacial score (nSPS) is 11.1. The maximum absolute atomic E-state index is 12.7. The van der Waals surface area contributed by atoms with Gasteiger partial charge in [-0.15, -0.1) is 18.3 Å². The highest BCUT2D eigenvalue weighted by Crippen LogP contribution is 2.33. The average molecular weight is 493 g/mol. The number of alkyl halides is 3. The zero-order chi connectivity index (χ0) is 22.8. The number of halogens is 5. The van der Waals surface area contributed by atoms with Gasteiger partial charge >= 0.3 is 12.3 Å². The van der Waals surface area contributed by atoms with E-state index in [0.29, 0.717) is 11.3 Å². The number of ether oxygens (including phenoxy) is 1. The van der Waals surface area contributed by atoms with Crippen LogP contribution in [0.1, 0.15) is 23.6 Å². The molecule has 0 atom stereocenters. The van der Waals surface area contributed by atoms with Gasteiger partial charge in [-0.05, 0) is 29.8 Å². The van der Waals surface area contributed by atoms with E-state index in [1.165, 1.54) is 42.4 Å². The molecule has 1 N–H and O–H groups in total. The SMILES string of the molecule is C.CON(Cc1cccc(OC(F)(F)F)c1)C(=O)c1ncn(-c2cc(Cl)c(O)c(Cl)c2)n1. The standard InChI is InChI=1S/C18H13Cl2F3N4O4.CH4/c1-30-27(8-10-3-2-4-12(5-10)31-18(21,22)23)17(29)16-24-9-26(25-16)11-6-13(19)15(28)14(20)7-11;/h2-7,9,28H,8H2,1H3;1H4. The Hall–Kier alpha value is -3.02. The predicted molar refractivity (Wildman–Crippen MR) is 110 cm³/mol. The highest BCUT2D eigenvalue weighted by atomic mass is 35.5. The molecule has 13 heteroatoms. The van der Waals surface area contributed by atoms with Gasteiger partial charge in [0.25, 0.3) is 0 Å². The van der Waals surface area contributed by atoms with Gasteiger partial charge in [-0.3, -0.25) is 9.63 Å². The number of aromatic nitrogens is 3. The van der Waals surface area contributed by atoms with Gasteiger partial charge in [0.1, 0.15) is 12.1 Å². The number of phenols is 1. The van der Waals surface area contributed by atoms with Crippen molar-refractivity contribution in [3.63, 3.8) is 0 Å². The Morgan fingerprint density at radius 3 is 2.47 bits per heavy atom. The number of nitrogens with zero attached hydrogens (tertiary/aromatic N) is 4. The van der Waals surface area contributed by atoms with Crippen LogP contribution in [-0.4, -0.2) is 44.3 Å². The van der Waals surface area contributed by atoms with Crippen molar-refractivity contribution >= 4 is 29.1 Å². The van der Waals surface area contributed by atoms with Crippen molar-refractivity contribution in [3.05, 3.63) is 64.2 Å². The first-order valence-electron chi connectivity index (χ1n) is 8.38. The molecule has 0 aliphatic carbocycles. The fraction of sp³-hybridized carbons (Fsp3) is 0.211. The van der Waals surface area contributed by atoms with Gasteiger partial charge in [-0.1, -0.05) is 42.8 Å². The third-order valence-electron chi connectivity index (χ3n) is 3.85. The first kappa shape index (κ1) is 25.2. The molecule has 2 aromatic carbocycles. The molecule has 0 saturated carbocycles. The molecule has 1 heterocycles. The molecule has 3 aromatic rings. The summed E-state index contributed by atoms with van der Waals surface area (Å²) in [6.45, 7) is -0.199. The number of aromatic hydroxyl groups is 1. The van der Waals surface area contributed by atoms with Crippen LogP contribution in [0.3, 0.4) is 0 Å². The van der Waals surface area contributed by atoms with Gasteiger partial charge in [0, 0.05) is 0 Å². The number of hydrogen-bond donors (Lipinski definition) is 1. The summed E-state index contributed by atoms with van der Waals surface area (Å²) >= 11 is 11.8. The van der Waals surface area contributed by atoms with Crippen LogP contribution >= 0.6 is 23.2 Å². The molecule has 3 rings (SSSR count). The summed E-state index contributed by atoms with van der Waals surface area (Å²) in [7, 11) is 1.21. The number of amides is 1. The smallest absolute Gasteiger partial charge is 0.505 e. The number of phenolic OH excluding ortho intramolecular Hbond substituents is 1. The summed E-state index contributed by atoms with van der Waals surface area (Å²) in [4.78, 5) is 21.6. The summed E-state index contributed by atoms with van der Waals surface area (Å²) in [6, 6.07) is 7.83. The van der Waals surface area contributed by atoms with Crippen molar-refractivity contribution in [3.8, 4) is 17.2 Å². The third-order valence-corrected chi connectivity index (χ3v) is 4.43. The maximum atomic E-state index is 12.7. The molecule has 0 fully saturated rings. The number of carbonyl (C=O) groups is 1. The van der Waals surface area contributed by atoms with E-state index in [0.717, 1.165) is 17.2 Å². The predicted octanol–water partition coefficient (Wildman–Crippen LogP) is 5.02. The lowest BCUT2D eigenvalue weighted by Crippen LogP contribution is -2.30. The molecule has 1 amide bonds. The van der Waals surface area contributed by atoms with Crippen LogP contribution in [0.25, 0.3) is 5.69 Å². The fourth-order valence-electron chi connectivity index (χ4n) is 2.51. The second-order valence-electron chi connectivity index (χ2n) is 5.99. The molecule has 0 radical (unpaired) electrons. The molecule has 0 bridgehead atoms. The zero-order valence-corrected chi connectivity index (χ0v) is 17.1. The highest BCUT2D eigenvalue weighted by Gasteiger charge is 2.31. The minimum Gasteiger partial charge on any atom is -0.505 e. The van der Waals surface area contributed by atoms with E-state index >= 15 is 0 Å². The molecule has 0 saturated heterocycles. The van der Waals surface area contributed by atoms with Crippen LogP contribution in [-0.2, 0) is 11.4 Å². The van der Waals surface area contributed by atoms with E-state index in [1.54, 1.807) is 0 Å². The van der Waals surface area contributed by atoms with Crippen molar-refractivity contribution in [2.45, 2.75) is 20.3 Å². The van der Waals surface area contributed by atoms with Gasteiger partial charge < -0.3 is 9.84 Å². The highest BCUT2D eigenvalue weighted by molar-refractivity contribution is 6.37. The minimum atomic E-state index is -4.84. The summed E-state index contributed by atoms with van der Waals surface area (Å²) in [5.74, 6) is -1.74. The lowest BCUT2D eigenvalue weighted by molar-refractivity contribution is -0.274. The maximum Gasteiger partial charge on any atom is 0.573 e. The first-order chi connectivity index (χ1) is 14.6. The van der Waals surface area contributed by atoms with Gasteiger partial charge in [0.05, 0.1) is 29.4 Å². The summed E-state index contributed by atoms with van der Waals surface area (Å²) in [6.07, 6.45) is -3.62. The molecular formula is C19H17Cl2F3N4O4. The molecule has 0 aliphatic heterocycles. The van der Waals surface area contributed by atoms with Gasteiger partial charge in [0.15, 0.2) is 5.75 Å². The molecule has 8 nitrogen and oxygen atoms in total. The third kappa shape index (κ3) is 6.02.